The summed E-state index contributed by atoms with van der Waals surface area (Å²) in [5.41, 5.74) is -1.29. The van der Waals surface area contributed by atoms with Crippen LogP contribution in [0.2, 0.25) is 0 Å². The Hall–Kier alpha value is -2.00. The number of halogens is 2. The molecule has 0 radical (unpaired) electrons. The smallest absolute Gasteiger partial charge is 0.352 e. The highest BCUT2D eigenvalue weighted by Crippen LogP contribution is 2.44. The van der Waals surface area contributed by atoms with Gasteiger partial charge in [-0.2, -0.15) is 14.0 Å². The van der Waals surface area contributed by atoms with E-state index in [2.05, 4.69) is 5.32 Å². The molecule has 0 spiro atoms. The number of nitrogens with zero attached hydrogens (tertiary/aromatic N) is 1. The van der Waals surface area contributed by atoms with Gasteiger partial charge in [0.15, 0.2) is 0 Å². The second-order valence-corrected chi connectivity index (χ2v) is 4.95. The van der Waals surface area contributed by atoms with Gasteiger partial charge in [0.05, 0.1) is 12.5 Å². The maximum Gasteiger partial charge on any atom is 0.352 e. The average molecular weight is 280 g/mol. The average Bonchev–Trinajstić information content (AvgIpc) is 2.38. The van der Waals surface area contributed by atoms with Crippen molar-refractivity contribution in [1.29, 1.82) is 5.26 Å². The molecule has 1 aliphatic rings. The molecule has 20 heavy (non-hydrogen) atoms. The Kier molecular flexibility index (Phi) is 3.73. The lowest BCUT2D eigenvalue weighted by Gasteiger charge is -2.41. The van der Waals surface area contributed by atoms with Gasteiger partial charge in [0, 0.05) is 5.69 Å². The van der Waals surface area contributed by atoms with Crippen LogP contribution >= 0.6 is 0 Å². The molecule has 0 aliphatic heterocycles. The van der Waals surface area contributed by atoms with E-state index in [0.717, 1.165) is 5.56 Å². The molecule has 2 N–H and O–H groups in total. The molecule has 0 bridgehead atoms. The van der Waals surface area contributed by atoms with Crippen molar-refractivity contribution in [2.24, 2.45) is 0 Å². The first-order valence-electron chi connectivity index (χ1n) is 6.26. The summed E-state index contributed by atoms with van der Waals surface area (Å²) in [7, 11) is 0. The standard InChI is InChI=1S/C14H14F2N2O2/c15-14(16,13(20)7-1-8-13)12(19)18-11-4-2-10(3-5-11)6-9-17/h2-5,20H,1,6-8H2,(H,18,19). The van der Waals surface area contributed by atoms with Gasteiger partial charge in [0.25, 0.3) is 5.91 Å². The van der Waals surface area contributed by atoms with E-state index in [1.54, 1.807) is 12.1 Å². The van der Waals surface area contributed by atoms with Gasteiger partial charge in [-0.05, 0) is 37.0 Å². The van der Waals surface area contributed by atoms with E-state index in [1.165, 1.54) is 12.1 Å². The van der Waals surface area contributed by atoms with Gasteiger partial charge in [-0.1, -0.05) is 12.1 Å². The Balaban J connectivity index is 2.06. The van der Waals surface area contributed by atoms with Crippen LogP contribution in [0.5, 0.6) is 0 Å². The number of alkyl halides is 2. The number of hydrogen-bond donors (Lipinski definition) is 2. The van der Waals surface area contributed by atoms with Crippen molar-refractivity contribution in [3.05, 3.63) is 29.8 Å². The molecule has 1 saturated carbocycles. The minimum Gasteiger partial charge on any atom is -0.383 e. The number of carbonyl (C=O) groups excluding carboxylic acids is 1. The summed E-state index contributed by atoms with van der Waals surface area (Å²) in [6.07, 6.45) is 0.551. The van der Waals surface area contributed by atoms with Crippen LogP contribution in [0.4, 0.5) is 14.5 Å². The van der Waals surface area contributed by atoms with E-state index in [-0.39, 0.29) is 24.9 Å². The van der Waals surface area contributed by atoms with E-state index in [4.69, 9.17) is 5.26 Å². The van der Waals surface area contributed by atoms with Crippen LogP contribution in [0.15, 0.2) is 24.3 Å². The van der Waals surface area contributed by atoms with Crippen molar-refractivity contribution in [3.8, 4) is 6.07 Å². The highest BCUT2D eigenvalue weighted by Gasteiger charge is 2.61. The molecule has 0 aromatic heterocycles. The number of rotatable bonds is 4. The van der Waals surface area contributed by atoms with Crippen molar-refractivity contribution in [2.75, 3.05) is 5.32 Å². The molecule has 1 amide bonds. The molecule has 0 unspecified atom stereocenters. The Labute approximate surface area is 115 Å². The fraction of sp³-hybridized carbons (Fsp3) is 0.429. The van der Waals surface area contributed by atoms with Crippen molar-refractivity contribution >= 4 is 11.6 Å². The lowest BCUT2D eigenvalue weighted by atomic mass is 9.75. The maximum atomic E-state index is 13.8. The predicted molar refractivity (Wildman–Crippen MR) is 68.1 cm³/mol. The van der Waals surface area contributed by atoms with E-state index < -0.39 is 17.4 Å². The number of benzene rings is 1. The number of anilines is 1. The summed E-state index contributed by atoms with van der Waals surface area (Å²) in [6, 6.07) is 8.02. The molecule has 1 aromatic rings. The molecule has 1 fully saturated rings. The van der Waals surface area contributed by atoms with E-state index >= 15 is 0 Å². The minimum atomic E-state index is -3.81. The Morgan fingerprint density at radius 1 is 1.40 bits per heavy atom. The monoisotopic (exact) mass is 280 g/mol. The number of aliphatic hydroxyl groups is 1. The molecule has 0 heterocycles. The first-order valence-corrected chi connectivity index (χ1v) is 6.26. The zero-order valence-corrected chi connectivity index (χ0v) is 10.7. The molecule has 0 saturated heterocycles. The quantitative estimate of drug-likeness (QED) is 0.888. The highest BCUT2D eigenvalue weighted by molar-refractivity contribution is 5.97. The Morgan fingerprint density at radius 2 is 2.00 bits per heavy atom. The summed E-state index contributed by atoms with van der Waals surface area (Å²) in [6.45, 7) is 0. The third-order valence-corrected chi connectivity index (χ3v) is 3.55. The van der Waals surface area contributed by atoms with Crippen LogP contribution in [0, 0.1) is 11.3 Å². The van der Waals surface area contributed by atoms with Gasteiger partial charge < -0.3 is 10.4 Å². The van der Waals surface area contributed by atoms with Crippen LogP contribution < -0.4 is 5.32 Å². The summed E-state index contributed by atoms with van der Waals surface area (Å²) in [5.74, 6) is -5.32. The zero-order valence-electron chi connectivity index (χ0n) is 10.7. The SMILES string of the molecule is N#CCc1ccc(NC(=O)C(F)(F)C2(O)CCC2)cc1. The Morgan fingerprint density at radius 3 is 2.45 bits per heavy atom. The molecule has 1 aromatic carbocycles. The Bertz CT molecular complexity index is 545. The summed E-state index contributed by atoms with van der Waals surface area (Å²) >= 11 is 0. The summed E-state index contributed by atoms with van der Waals surface area (Å²) < 4.78 is 27.7. The third kappa shape index (κ3) is 2.49. The lowest BCUT2D eigenvalue weighted by Crippen LogP contribution is -2.59. The van der Waals surface area contributed by atoms with Gasteiger partial charge in [0.2, 0.25) is 0 Å². The van der Waals surface area contributed by atoms with E-state index in [0.29, 0.717) is 6.42 Å². The highest BCUT2D eigenvalue weighted by atomic mass is 19.3. The number of amides is 1. The molecule has 4 nitrogen and oxygen atoms in total. The van der Waals surface area contributed by atoms with Crippen molar-refractivity contribution in [2.45, 2.75) is 37.2 Å². The molecule has 1 aliphatic carbocycles. The molecular formula is C14H14F2N2O2. The topological polar surface area (TPSA) is 73.1 Å². The normalized spacial score (nSPS) is 16.9. The largest absolute Gasteiger partial charge is 0.383 e. The summed E-state index contributed by atoms with van der Waals surface area (Å²) in [4.78, 5) is 11.6. The molecule has 0 atom stereocenters. The zero-order chi connectivity index (χ0) is 14.8. The van der Waals surface area contributed by atoms with Crippen molar-refractivity contribution in [1.82, 2.24) is 0 Å². The van der Waals surface area contributed by atoms with Crippen LogP contribution in [-0.4, -0.2) is 22.5 Å². The fourth-order valence-corrected chi connectivity index (χ4v) is 2.04. The number of nitrogens with one attached hydrogen (secondary N) is 1. The van der Waals surface area contributed by atoms with E-state index in [1.807, 2.05) is 6.07 Å². The lowest BCUT2D eigenvalue weighted by molar-refractivity contribution is -0.212. The first-order chi connectivity index (χ1) is 9.39. The molecule has 2 rings (SSSR count). The van der Waals surface area contributed by atoms with Gasteiger partial charge >= 0.3 is 5.92 Å². The minimum absolute atomic E-state index is 0.0749. The van der Waals surface area contributed by atoms with Gasteiger partial charge in [-0.3, -0.25) is 4.79 Å². The van der Waals surface area contributed by atoms with Crippen LogP contribution in [-0.2, 0) is 11.2 Å². The van der Waals surface area contributed by atoms with Crippen LogP contribution in [0.1, 0.15) is 24.8 Å². The molecular weight excluding hydrogens is 266 g/mol. The maximum absolute atomic E-state index is 13.8. The number of nitriles is 1. The second-order valence-electron chi connectivity index (χ2n) is 4.95. The molecule has 106 valence electrons. The van der Waals surface area contributed by atoms with Gasteiger partial charge in [-0.25, -0.2) is 0 Å². The second kappa shape index (κ2) is 5.17. The predicted octanol–water partition coefficient (Wildman–Crippen LogP) is 2.24. The van der Waals surface area contributed by atoms with Crippen LogP contribution in [0.3, 0.4) is 0 Å². The van der Waals surface area contributed by atoms with Gasteiger partial charge in [-0.15, -0.1) is 0 Å². The number of hydrogen-bond acceptors (Lipinski definition) is 3. The van der Waals surface area contributed by atoms with Crippen molar-refractivity contribution in [3.63, 3.8) is 0 Å². The molecule has 6 heteroatoms. The number of carbonyl (C=O) groups is 1. The van der Waals surface area contributed by atoms with Gasteiger partial charge in [0.1, 0.15) is 5.60 Å². The first kappa shape index (κ1) is 14.4. The van der Waals surface area contributed by atoms with E-state index in [9.17, 15) is 18.7 Å². The third-order valence-electron chi connectivity index (χ3n) is 3.55. The fourth-order valence-electron chi connectivity index (χ4n) is 2.04. The summed E-state index contributed by atoms with van der Waals surface area (Å²) in [5, 5.41) is 20.3. The van der Waals surface area contributed by atoms with Crippen LogP contribution in [0.25, 0.3) is 0 Å². The van der Waals surface area contributed by atoms with Crippen molar-refractivity contribution < 1.29 is 18.7 Å².